The Bertz CT molecular complexity index is 835. The van der Waals surface area contributed by atoms with E-state index in [-0.39, 0.29) is 18.1 Å². The summed E-state index contributed by atoms with van der Waals surface area (Å²) in [4.78, 5) is 12.0. The smallest absolute Gasteiger partial charge is 0.387 e. The highest BCUT2D eigenvalue weighted by Crippen LogP contribution is 2.32. The number of ether oxygens (including phenoxy) is 5. The number of hydrogen-bond donors (Lipinski definition) is 0. The number of halogens is 2. The van der Waals surface area contributed by atoms with E-state index in [0.717, 1.165) is 0 Å². The highest BCUT2D eigenvalue weighted by atomic mass is 19.3. The van der Waals surface area contributed by atoms with E-state index >= 15 is 0 Å². The molecule has 2 rings (SSSR count). The fraction of sp³-hybridized carbons (Fsp3) is 0.250. The minimum Gasteiger partial charge on any atom is -0.493 e. The molecule has 0 N–H and O–H groups in total. The summed E-state index contributed by atoms with van der Waals surface area (Å²) >= 11 is 0. The summed E-state index contributed by atoms with van der Waals surface area (Å²) in [5.41, 5.74) is 1.20. The van der Waals surface area contributed by atoms with Crippen molar-refractivity contribution in [1.82, 2.24) is 0 Å². The number of esters is 1. The molecular weight excluding hydrogens is 374 g/mol. The number of benzene rings is 2. The monoisotopic (exact) mass is 394 g/mol. The number of carbonyl (C=O) groups excluding carboxylic acids is 1. The van der Waals surface area contributed by atoms with Gasteiger partial charge in [0.15, 0.2) is 23.0 Å². The van der Waals surface area contributed by atoms with E-state index in [1.54, 1.807) is 24.3 Å². The van der Waals surface area contributed by atoms with Gasteiger partial charge in [-0.15, -0.1) is 0 Å². The number of methoxy groups -OCH3 is 3. The average molecular weight is 394 g/mol. The molecule has 2 aromatic carbocycles. The van der Waals surface area contributed by atoms with Crippen molar-refractivity contribution in [1.29, 1.82) is 0 Å². The van der Waals surface area contributed by atoms with Crippen molar-refractivity contribution < 1.29 is 37.3 Å². The highest BCUT2D eigenvalue weighted by molar-refractivity contribution is 5.87. The van der Waals surface area contributed by atoms with E-state index in [9.17, 15) is 13.6 Å². The zero-order valence-electron chi connectivity index (χ0n) is 15.6. The van der Waals surface area contributed by atoms with Gasteiger partial charge in [0.1, 0.15) is 6.61 Å². The molecule has 0 aromatic heterocycles. The molecule has 0 bridgehead atoms. The summed E-state index contributed by atoms with van der Waals surface area (Å²) in [5, 5.41) is 0. The fourth-order valence-corrected chi connectivity index (χ4v) is 2.40. The van der Waals surface area contributed by atoms with Crippen molar-refractivity contribution in [2.75, 3.05) is 21.3 Å². The summed E-state index contributed by atoms with van der Waals surface area (Å²) in [6.07, 6.45) is 2.80. The molecule has 0 unspecified atom stereocenters. The maximum atomic E-state index is 12.3. The Morgan fingerprint density at radius 1 is 1.00 bits per heavy atom. The lowest BCUT2D eigenvalue weighted by atomic mass is 10.1. The lowest BCUT2D eigenvalue weighted by Gasteiger charge is -2.11. The molecular formula is C20H20F2O6. The number of alkyl halides is 2. The SMILES string of the molecule is COc1cc(COC(=O)/C=C/c2cccc(OC)c2OC)ccc1OC(F)F. The van der Waals surface area contributed by atoms with Gasteiger partial charge in [0.25, 0.3) is 0 Å². The first-order valence-corrected chi connectivity index (χ1v) is 8.16. The minimum absolute atomic E-state index is 0.0657. The fourth-order valence-electron chi connectivity index (χ4n) is 2.40. The van der Waals surface area contributed by atoms with Crippen LogP contribution in [0.1, 0.15) is 11.1 Å². The van der Waals surface area contributed by atoms with Crippen LogP contribution in [0, 0.1) is 0 Å². The van der Waals surface area contributed by atoms with Gasteiger partial charge in [-0.05, 0) is 29.8 Å². The Morgan fingerprint density at radius 3 is 2.39 bits per heavy atom. The lowest BCUT2D eigenvalue weighted by molar-refractivity contribution is -0.138. The van der Waals surface area contributed by atoms with Crippen molar-refractivity contribution in [3.05, 3.63) is 53.6 Å². The standard InChI is InChI=1S/C20H20F2O6/c1-24-16-6-4-5-14(19(16)26-3)8-10-18(23)27-12-13-7-9-15(28-20(21)22)17(11-13)25-2/h4-11,20H,12H2,1-3H3/b10-8+. The zero-order valence-corrected chi connectivity index (χ0v) is 15.6. The van der Waals surface area contributed by atoms with Crippen molar-refractivity contribution in [3.63, 3.8) is 0 Å². The van der Waals surface area contributed by atoms with E-state index in [0.29, 0.717) is 22.6 Å². The zero-order chi connectivity index (χ0) is 20.5. The lowest BCUT2D eigenvalue weighted by Crippen LogP contribution is -2.05. The molecule has 0 atom stereocenters. The van der Waals surface area contributed by atoms with Gasteiger partial charge in [-0.2, -0.15) is 8.78 Å². The number of para-hydroxylation sites is 1. The predicted molar refractivity (Wildman–Crippen MR) is 98.0 cm³/mol. The summed E-state index contributed by atoms with van der Waals surface area (Å²) < 4.78 is 49.7. The first-order valence-electron chi connectivity index (χ1n) is 8.16. The number of carbonyl (C=O) groups is 1. The van der Waals surface area contributed by atoms with Crippen molar-refractivity contribution in [3.8, 4) is 23.0 Å². The Kier molecular flexibility index (Phi) is 7.62. The van der Waals surface area contributed by atoms with E-state index in [2.05, 4.69) is 4.74 Å². The van der Waals surface area contributed by atoms with Crippen LogP contribution in [0.25, 0.3) is 6.08 Å². The first-order chi connectivity index (χ1) is 13.5. The van der Waals surface area contributed by atoms with Crippen LogP contribution in [-0.4, -0.2) is 33.9 Å². The van der Waals surface area contributed by atoms with Gasteiger partial charge in [-0.25, -0.2) is 4.79 Å². The largest absolute Gasteiger partial charge is 0.493 e. The van der Waals surface area contributed by atoms with Crippen LogP contribution >= 0.6 is 0 Å². The second-order valence-electron chi connectivity index (χ2n) is 5.39. The summed E-state index contributed by atoms with van der Waals surface area (Å²) in [6.45, 7) is -3.03. The molecule has 0 saturated heterocycles. The molecule has 0 saturated carbocycles. The van der Waals surface area contributed by atoms with E-state index in [4.69, 9.17) is 18.9 Å². The molecule has 0 radical (unpaired) electrons. The number of hydrogen-bond acceptors (Lipinski definition) is 6. The molecule has 2 aromatic rings. The maximum Gasteiger partial charge on any atom is 0.387 e. The van der Waals surface area contributed by atoms with Crippen LogP contribution in [0.4, 0.5) is 8.78 Å². The molecule has 0 heterocycles. The van der Waals surface area contributed by atoms with E-state index in [1.807, 2.05) is 0 Å². The Balaban J connectivity index is 2.02. The quantitative estimate of drug-likeness (QED) is 0.472. The van der Waals surface area contributed by atoms with Crippen molar-refractivity contribution in [2.24, 2.45) is 0 Å². The van der Waals surface area contributed by atoms with Gasteiger partial charge in [-0.1, -0.05) is 18.2 Å². The third-order valence-electron chi connectivity index (χ3n) is 3.66. The third kappa shape index (κ3) is 5.60. The molecule has 0 fully saturated rings. The molecule has 28 heavy (non-hydrogen) atoms. The normalized spacial score (nSPS) is 10.8. The van der Waals surface area contributed by atoms with E-state index < -0.39 is 12.6 Å². The molecule has 0 aliphatic heterocycles. The first kappa shape index (κ1) is 21.0. The van der Waals surface area contributed by atoms with Crippen LogP contribution in [0.5, 0.6) is 23.0 Å². The van der Waals surface area contributed by atoms with Gasteiger partial charge in [0, 0.05) is 11.6 Å². The van der Waals surface area contributed by atoms with Crippen LogP contribution in [0.15, 0.2) is 42.5 Å². The average Bonchev–Trinajstić information content (AvgIpc) is 2.70. The molecule has 8 heteroatoms. The third-order valence-corrected chi connectivity index (χ3v) is 3.66. The van der Waals surface area contributed by atoms with Gasteiger partial charge in [-0.3, -0.25) is 0 Å². The van der Waals surface area contributed by atoms with Crippen LogP contribution < -0.4 is 18.9 Å². The van der Waals surface area contributed by atoms with Gasteiger partial charge in [0.05, 0.1) is 21.3 Å². The topological polar surface area (TPSA) is 63.2 Å². The van der Waals surface area contributed by atoms with Gasteiger partial charge < -0.3 is 23.7 Å². The second kappa shape index (κ2) is 10.1. The molecule has 0 aliphatic carbocycles. The highest BCUT2D eigenvalue weighted by Gasteiger charge is 2.12. The van der Waals surface area contributed by atoms with Crippen molar-refractivity contribution in [2.45, 2.75) is 13.2 Å². The molecule has 150 valence electrons. The number of rotatable bonds is 9. The molecule has 0 amide bonds. The molecule has 0 aliphatic rings. The second-order valence-corrected chi connectivity index (χ2v) is 5.39. The minimum atomic E-state index is -2.96. The Hall–Kier alpha value is -3.29. The van der Waals surface area contributed by atoms with Gasteiger partial charge in [0.2, 0.25) is 0 Å². The summed E-state index contributed by atoms with van der Waals surface area (Å²) in [5.74, 6) is 0.462. The molecule has 0 spiro atoms. The summed E-state index contributed by atoms with van der Waals surface area (Å²) in [7, 11) is 4.35. The summed E-state index contributed by atoms with van der Waals surface area (Å²) in [6, 6.07) is 9.55. The van der Waals surface area contributed by atoms with Crippen molar-refractivity contribution >= 4 is 12.0 Å². The van der Waals surface area contributed by atoms with Crippen LogP contribution in [-0.2, 0) is 16.1 Å². The van der Waals surface area contributed by atoms with E-state index in [1.165, 1.54) is 45.6 Å². The maximum absolute atomic E-state index is 12.3. The Morgan fingerprint density at radius 2 is 1.75 bits per heavy atom. The predicted octanol–water partition coefficient (Wildman–Crippen LogP) is 4.07. The Labute approximate surface area is 161 Å². The van der Waals surface area contributed by atoms with Crippen LogP contribution in [0.3, 0.4) is 0 Å². The van der Waals surface area contributed by atoms with Gasteiger partial charge >= 0.3 is 12.6 Å². The molecule has 6 nitrogen and oxygen atoms in total. The van der Waals surface area contributed by atoms with Crippen LogP contribution in [0.2, 0.25) is 0 Å².